The van der Waals surface area contributed by atoms with Crippen LogP contribution in [0.1, 0.15) is 24.6 Å². The maximum Gasteiger partial charge on any atom is 0.226 e. The Morgan fingerprint density at radius 1 is 1.53 bits per heavy atom. The zero-order chi connectivity index (χ0) is 14.1. The van der Waals surface area contributed by atoms with Gasteiger partial charge in [0.15, 0.2) is 9.84 Å². The molecule has 2 heterocycles. The first-order valence-electron chi connectivity index (χ1n) is 6.21. The molecule has 0 bridgehead atoms. The lowest BCUT2D eigenvalue weighted by Gasteiger charge is -2.23. The first-order chi connectivity index (χ1) is 8.78. The van der Waals surface area contributed by atoms with E-state index < -0.39 is 15.4 Å². The summed E-state index contributed by atoms with van der Waals surface area (Å²) in [7, 11) is -3.01. The highest BCUT2D eigenvalue weighted by molar-refractivity contribution is 7.91. The molecule has 1 fully saturated rings. The second-order valence-corrected chi connectivity index (χ2v) is 7.64. The van der Waals surface area contributed by atoms with Crippen LogP contribution in [0, 0.1) is 6.92 Å². The molecule has 1 saturated heterocycles. The molecule has 19 heavy (non-hydrogen) atoms. The summed E-state index contributed by atoms with van der Waals surface area (Å²) in [5.41, 5.74) is 1.11. The van der Waals surface area contributed by atoms with Gasteiger partial charge in [-0.25, -0.2) is 8.42 Å². The zero-order valence-corrected chi connectivity index (χ0v) is 12.0. The number of sulfone groups is 1. The van der Waals surface area contributed by atoms with Gasteiger partial charge in [0, 0.05) is 11.9 Å². The number of pyridine rings is 1. The van der Waals surface area contributed by atoms with Crippen LogP contribution in [0.3, 0.4) is 0 Å². The molecule has 0 unspecified atom stereocenters. The van der Waals surface area contributed by atoms with Crippen molar-refractivity contribution in [3.63, 3.8) is 0 Å². The van der Waals surface area contributed by atoms with Gasteiger partial charge in [-0.2, -0.15) is 0 Å². The number of aromatic nitrogens is 1. The molecule has 0 spiro atoms. The van der Waals surface area contributed by atoms with Crippen LogP contribution in [-0.4, -0.2) is 36.4 Å². The van der Waals surface area contributed by atoms with Gasteiger partial charge in [-0.15, -0.1) is 0 Å². The molecule has 0 saturated carbocycles. The molecule has 1 N–H and O–H groups in total. The monoisotopic (exact) mass is 282 g/mol. The number of nitrogens with zero attached hydrogens (tertiary/aromatic N) is 1. The van der Waals surface area contributed by atoms with Gasteiger partial charge in [0.25, 0.3) is 0 Å². The molecule has 1 aliphatic rings. The van der Waals surface area contributed by atoms with Gasteiger partial charge in [-0.05, 0) is 38.0 Å². The van der Waals surface area contributed by atoms with Gasteiger partial charge >= 0.3 is 0 Å². The number of amides is 1. The highest BCUT2D eigenvalue weighted by atomic mass is 32.2. The normalized spacial score (nSPS) is 25.2. The topological polar surface area (TPSA) is 76.1 Å². The van der Waals surface area contributed by atoms with Gasteiger partial charge in [-0.3, -0.25) is 9.78 Å². The third kappa shape index (κ3) is 3.76. The van der Waals surface area contributed by atoms with E-state index in [1.807, 2.05) is 19.1 Å². The maximum atomic E-state index is 12.0. The summed E-state index contributed by atoms with van der Waals surface area (Å²) in [6, 6.07) is 3.72. The lowest BCUT2D eigenvalue weighted by Crippen LogP contribution is -2.47. The summed E-state index contributed by atoms with van der Waals surface area (Å²) in [4.78, 5) is 16.1. The van der Waals surface area contributed by atoms with E-state index in [1.54, 1.807) is 13.1 Å². The van der Waals surface area contributed by atoms with Gasteiger partial charge in [0.2, 0.25) is 5.91 Å². The minimum atomic E-state index is -3.01. The molecule has 104 valence electrons. The molecule has 0 aromatic carbocycles. The van der Waals surface area contributed by atoms with Gasteiger partial charge < -0.3 is 5.32 Å². The summed E-state index contributed by atoms with van der Waals surface area (Å²) in [6.07, 6.45) is 2.32. The second-order valence-electron chi connectivity index (χ2n) is 5.45. The lowest BCUT2D eigenvalue weighted by atomic mass is 10.0. The third-order valence-electron chi connectivity index (χ3n) is 3.26. The van der Waals surface area contributed by atoms with Crippen molar-refractivity contribution in [2.75, 3.05) is 11.5 Å². The Labute approximate surface area is 113 Å². The average Bonchev–Trinajstić information content (AvgIpc) is 2.52. The number of aryl methyl sites for hydroxylation is 1. The fourth-order valence-electron chi connectivity index (χ4n) is 2.35. The first kappa shape index (κ1) is 14.0. The fourth-order valence-corrected chi connectivity index (χ4v) is 4.44. The molecule has 5 nitrogen and oxygen atoms in total. The largest absolute Gasteiger partial charge is 0.350 e. The van der Waals surface area contributed by atoms with Crippen molar-refractivity contribution < 1.29 is 13.2 Å². The Kier molecular flexibility index (Phi) is 3.62. The van der Waals surface area contributed by atoms with E-state index in [4.69, 9.17) is 0 Å². The van der Waals surface area contributed by atoms with E-state index in [9.17, 15) is 13.2 Å². The quantitative estimate of drug-likeness (QED) is 0.882. The summed E-state index contributed by atoms with van der Waals surface area (Å²) >= 11 is 0. The van der Waals surface area contributed by atoms with Crippen molar-refractivity contribution >= 4 is 15.7 Å². The number of hydrogen-bond donors (Lipinski definition) is 1. The van der Waals surface area contributed by atoms with Crippen LogP contribution in [0.15, 0.2) is 18.3 Å². The van der Waals surface area contributed by atoms with Gasteiger partial charge in [0.1, 0.15) is 0 Å². The molecule has 1 aliphatic heterocycles. The summed E-state index contributed by atoms with van der Waals surface area (Å²) in [5, 5.41) is 2.82. The van der Waals surface area contributed by atoms with Crippen molar-refractivity contribution in [2.45, 2.75) is 32.2 Å². The van der Waals surface area contributed by atoms with E-state index in [0.29, 0.717) is 12.1 Å². The minimum Gasteiger partial charge on any atom is -0.350 e. The van der Waals surface area contributed by atoms with Crippen LogP contribution in [0.5, 0.6) is 0 Å². The summed E-state index contributed by atoms with van der Waals surface area (Å²) in [5.74, 6) is -0.0166. The molecule has 1 aromatic rings. The van der Waals surface area contributed by atoms with Crippen molar-refractivity contribution in [1.82, 2.24) is 10.3 Å². The van der Waals surface area contributed by atoms with Crippen molar-refractivity contribution in [1.29, 1.82) is 0 Å². The zero-order valence-electron chi connectivity index (χ0n) is 11.1. The van der Waals surface area contributed by atoms with E-state index in [2.05, 4.69) is 10.3 Å². The van der Waals surface area contributed by atoms with Gasteiger partial charge in [0.05, 0.1) is 23.5 Å². The molecule has 1 atom stereocenters. The Balaban J connectivity index is 1.99. The van der Waals surface area contributed by atoms with Crippen LogP contribution in [-0.2, 0) is 21.1 Å². The molecule has 2 rings (SSSR count). The number of hydrogen-bond acceptors (Lipinski definition) is 4. The second kappa shape index (κ2) is 4.92. The maximum absolute atomic E-state index is 12.0. The molecule has 0 aliphatic carbocycles. The van der Waals surface area contributed by atoms with E-state index in [-0.39, 0.29) is 23.8 Å². The SMILES string of the molecule is Cc1ccnc(CC(=O)N[C@]2(C)CCS(=O)(=O)C2)c1. The van der Waals surface area contributed by atoms with E-state index in [1.165, 1.54) is 0 Å². The Hall–Kier alpha value is -1.43. The minimum absolute atomic E-state index is 0.0208. The first-order valence-corrected chi connectivity index (χ1v) is 8.03. The van der Waals surface area contributed by atoms with Crippen LogP contribution < -0.4 is 5.32 Å². The van der Waals surface area contributed by atoms with E-state index in [0.717, 1.165) is 5.56 Å². The summed E-state index contributed by atoms with van der Waals surface area (Å²) < 4.78 is 22.9. The molecule has 0 radical (unpaired) electrons. The third-order valence-corrected chi connectivity index (χ3v) is 5.16. The molecule has 1 aromatic heterocycles. The van der Waals surface area contributed by atoms with Crippen molar-refractivity contribution in [3.8, 4) is 0 Å². The van der Waals surface area contributed by atoms with Gasteiger partial charge in [-0.1, -0.05) is 0 Å². The molecular weight excluding hydrogens is 264 g/mol. The predicted octanol–water partition coefficient (Wildman–Crippen LogP) is 0.626. The predicted molar refractivity (Wildman–Crippen MR) is 72.5 cm³/mol. The average molecular weight is 282 g/mol. The lowest BCUT2D eigenvalue weighted by molar-refractivity contribution is -0.122. The fraction of sp³-hybridized carbons (Fsp3) is 0.538. The molecular formula is C13H18N2O3S. The van der Waals surface area contributed by atoms with Crippen molar-refractivity contribution in [2.24, 2.45) is 0 Å². The smallest absolute Gasteiger partial charge is 0.226 e. The van der Waals surface area contributed by atoms with Crippen molar-refractivity contribution in [3.05, 3.63) is 29.6 Å². The van der Waals surface area contributed by atoms with Crippen LogP contribution in [0.2, 0.25) is 0 Å². The van der Waals surface area contributed by atoms with Crippen LogP contribution >= 0.6 is 0 Å². The number of carbonyl (C=O) groups is 1. The summed E-state index contributed by atoms with van der Waals surface area (Å²) in [6.45, 7) is 3.72. The highest BCUT2D eigenvalue weighted by Gasteiger charge is 2.39. The Bertz CT molecular complexity index is 598. The Morgan fingerprint density at radius 3 is 2.84 bits per heavy atom. The molecule has 1 amide bonds. The number of nitrogens with one attached hydrogen (secondary N) is 1. The van der Waals surface area contributed by atoms with Crippen LogP contribution in [0.4, 0.5) is 0 Å². The number of rotatable bonds is 3. The van der Waals surface area contributed by atoms with E-state index >= 15 is 0 Å². The highest BCUT2D eigenvalue weighted by Crippen LogP contribution is 2.22. The standard InChI is InChI=1S/C13H18N2O3S/c1-10-3-5-14-11(7-10)8-12(16)15-13(2)4-6-19(17,18)9-13/h3,5,7H,4,6,8-9H2,1-2H3,(H,15,16)/t13-/m1/s1. The number of carbonyl (C=O) groups excluding carboxylic acids is 1. The molecule has 6 heteroatoms. The van der Waals surface area contributed by atoms with Crippen LogP contribution in [0.25, 0.3) is 0 Å². The Morgan fingerprint density at radius 2 is 2.26 bits per heavy atom.